The number of nitrogens with one attached hydrogen (secondary N) is 4. The molecule has 0 saturated heterocycles. The largest absolute Gasteiger partial charge is 0.493 e. The number of amides is 4. The third-order valence-corrected chi connectivity index (χ3v) is 8.14. The summed E-state index contributed by atoms with van der Waals surface area (Å²) in [6.45, 7) is 16.3. The second-order valence-electron chi connectivity index (χ2n) is 12.6. The lowest BCUT2D eigenvalue weighted by atomic mass is 10.00. The molecule has 0 aliphatic heterocycles. The molecule has 0 aromatic heterocycles. The van der Waals surface area contributed by atoms with Crippen molar-refractivity contribution in [1.29, 1.82) is 0 Å². The summed E-state index contributed by atoms with van der Waals surface area (Å²) < 4.78 is 23.1. The number of esters is 2. The van der Waals surface area contributed by atoms with E-state index in [4.69, 9.17) is 18.9 Å². The first kappa shape index (κ1) is 47.0. The quantitative estimate of drug-likeness (QED) is 0.0492. The average Bonchev–Trinajstić information content (AvgIpc) is 3.22. The van der Waals surface area contributed by atoms with Gasteiger partial charge < -0.3 is 40.2 Å². The molecule has 0 bridgehead atoms. The van der Waals surface area contributed by atoms with Gasteiger partial charge in [0.1, 0.15) is 22.6 Å². The van der Waals surface area contributed by atoms with Crippen molar-refractivity contribution in [2.45, 2.75) is 57.8 Å². The van der Waals surface area contributed by atoms with Crippen LogP contribution in [0.4, 0.5) is 0 Å². The van der Waals surface area contributed by atoms with Gasteiger partial charge in [-0.25, -0.2) is 9.59 Å². The van der Waals surface area contributed by atoms with Crippen molar-refractivity contribution in [3.05, 3.63) is 109 Å². The van der Waals surface area contributed by atoms with E-state index in [1.807, 2.05) is 12.1 Å². The van der Waals surface area contributed by atoms with Crippen LogP contribution in [0.25, 0.3) is 0 Å². The van der Waals surface area contributed by atoms with E-state index in [-0.39, 0.29) is 48.0 Å². The summed E-state index contributed by atoms with van der Waals surface area (Å²) >= 11 is 0. The Morgan fingerprint density at radius 2 is 0.772 bits per heavy atom. The number of hydrogen-bond acceptors (Lipinski definition) is 10. The molecule has 0 spiro atoms. The number of rotatable bonds is 30. The zero-order valence-electron chi connectivity index (χ0n) is 32.7. The fourth-order valence-corrected chi connectivity index (χ4v) is 5.07. The van der Waals surface area contributed by atoms with Crippen LogP contribution in [0.5, 0.6) is 11.5 Å². The molecule has 2 rings (SSSR count). The Bertz CT molecular complexity index is 1570. The number of ether oxygens (including phenoxy) is 4. The molecule has 2 aromatic carbocycles. The van der Waals surface area contributed by atoms with Gasteiger partial charge in [-0.15, -0.1) is 0 Å². The maximum atomic E-state index is 13.3. The molecule has 0 radical (unpaired) electrons. The second kappa shape index (κ2) is 28.3. The van der Waals surface area contributed by atoms with E-state index in [9.17, 15) is 28.8 Å². The smallest absolute Gasteiger partial charge is 0.341 e. The standard InChI is InChI=1S/C43H56N4O10/c1-5-38(48)44-21-9-13-25-54-36-19-17-32(30-34(36)42(52)56-27-15-11-23-46-40(50)7-3)29-33-18-20-37(55-26-14-10-22-45-39(49)6-2)35(31-33)43(53)57-28-16-12-24-47-41(51)8-4/h5-8,17-20,30-31H,1-4,9-16,21-29H2,(H,44,48)(H,45,49)(H,46,50)(H,47,51). The molecule has 2 aromatic rings. The van der Waals surface area contributed by atoms with E-state index in [0.29, 0.717) is 109 Å². The van der Waals surface area contributed by atoms with Gasteiger partial charge in [-0.3, -0.25) is 19.2 Å². The van der Waals surface area contributed by atoms with Crippen molar-refractivity contribution < 1.29 is 47.7 Å². The molecule has 0 atom stereocenters. The molecular formula is C43H56N4O10. The topological polar surface area (TPSA) is 187 Å². The van der Waals surface area contributed by atoms with Crippen LogP contribution >= 0.6 is 0 Å². The monoisotopic (exact) mass is 788 g/mol. The van der Waals surface area contributed by atoms with Gasteiger partial charge in [0.05, 0.1) is 26.4 Å². The normalized spacial score (nSPS) is 10.2. The van der Waals surface area contributed by atoms with E-state index < -0.39 is 11.9 Å². The van der Waals surface area contributed by atoms with Crippen LogP contribution in [-0.4, -0.2) is 88.2 Å². The Morgan fingerprint density at radius 3 is 1.09 bits per heavy atom. The zero-order chi connectivity index (χ0) is 41.7. The number of hydrogen-bond donors (Lipinski definition) is 4. The molecule has 0 unspecified atom stereocenters. The second-order valence-corrected chi connectivity index (χ2v) is 12.6. The predicted octanol–water partition coefficient (Wildman–Crippen LogP) is 4.68. The van der Waals surface area contributed by atoms with Gasteiger partial charge in [-0.1, -0.05) is 38.4 Å². The molecule has 0 fully saturated rings. The number of benzene rings is 2. The molecule has 0 saturated carbocycles. The third-order valence-electron chi connectivity index (χ3n) is 8.14. The summed E-state index contributed by atoms with van der Waals surface area (Å²) in [5.41, 5.74) is 1.98. The highest BCUT2D eigenvalue weighted by atomic mass is 16.5. The van der Waals surface area contributed by atoms with Gasteiger partial charge in [0, 0.05) is 26.2 Å². The summed E-state index contributed by atoms with van der Waals surface area (Å²) in [5, 5.41) is 10.8. The minimum atomic E-state index is -0.568. The van der Waals surface area contributed by atoms with Crippen LogP contribution in [0.15, 0.2) is 87.0 Å². The van der Waals surface area contributed by atoms with E-state index in [2.05, 4.69) is 47.6 Å². The van der Waals surface area contributed by atoms with Crippen molar-refractivity contribution in [3.8, 4) is 11.5 Å². The van der Waals surface area contributed by atoms with Crippen molar-refractivity contribution in [3.63, 3.8) is 0 Å². The zero-order valence-corrected chi connectivity index (χ0v) is 32.7. The molecule has 4 N–H and O–H groups in total. The molecule has 14 heteroatoms. The summed E-state index contributed by atoms with van der Waals surface area (Å²) in [7, 11) is 0. The van der Waals surface area contributed by atoms with Gasteiger partial charge in [0.25, 0.3) is 0 Å². The van der Waals surface area contributed by atoms with E-state index >= 15 is 0 Å². The lowest BCUT2D eigenvalue weighted by Crippen LogP contribution is -2.22. The van der Waals surface area contributed by atoms with Crippen molar-refractivity contribution in [1.82, 2.24) is 21.3 Å². The van der Waals surface area contributed by atoms with Crippen LogP contribution in [-0.2, 0) is 35.1 Å². The van der Waals surface area contributed by atoms with E-state index in [1.165, 1.54) is 24.3 Å². The van der Waals surface area contributed by atoms with Gasteiger partial charge in [0.15, 0.2) is 0 Å². The number of carbonyl (C=O) groups excluding carboxylic acids is 6. The van der Waals surface area contributed by atoms with Crippen LogP contribution in [0.1, 0.15) is 83.2 Å². The van der Waals surface area contributed by atoms with Crippen molar-refractivity contribution in [2.24, 2.45) is 0 Å². The lowest BCUT2D eigenvalue weighted by Gasteiger charge is -2.15. The van der Waals surface area contributed by atoms with Gasteiger partial charge in [0.2, 0.25) is 23.6 Å². The third kappa shape index (κ3) is 19.8. The van der Waals surface area contributed by atoms with Crippen LogP contribution < -0.4 is 30.7 Å². The molecule has 308 valence electrons. The Balaban J connectivity index is 2.20. The minimum Gasteiger partial charge on any atom is -0.493 e. The molecular weight excluding hydrogens is 732 g/mol. The van der Waals surface area contributed by atoms with Crippen LogP contribution in [0, 0.1) is 0 Å². The average molecular weight is 789 g/mol. The Morgan fingerprint density at radius 1 is 0.456 bits per heavy atom. The highest BCUT2D eigenvalue weighted by Crippen LogP contribution is 2.27. The Kier molecular flexibility index (Phi) is 23.3. The summed E-state index contributed by atoms with van der Waals surface area (Å²) in [6, 6.07) is 10.5. The van der Waals surface area contributed by atoms with E-state index in [1.54, 1.807) is 24.3 Å². The maximum Gasteiger partial charge on any atom is 0.341 e. The SMILES string of the molecule is C=CC(=O)NCCCCOC(=O)c1cc(Cc2ccc(OCCCCNC(=O)C=C)c(C(=O)OCCCCNC(=O)C=C)c2)ccc1OCCCCNC(=O)C=C. The molecule has 0 aliphatic rings. The highest BCUT2D eigenvalue weighted by Gasteiger charge is 2.19. The molecule has 57 heavy (non-hydrogen) atoms. The van der Waals surface area contributed by atoms with Gasteiger partial charge in [-0.05, 0) is 117 Å². The number of carbonyl (C=O) groups is 6. The summed E-state index contributed by atoms with van der Waals surface area (Å²) in [5.74, 6) is -1.50. The maximum absolute atomic E-state index is 13.3. The van der Waals surface area contributed by atoms with Crippen LogP contribution in [0.3, 0.4) is 0 Å². The highest BCUT2D eigenvalue weighted by molar-refractivity contribution is 5.94. The van der Waals surface area contributed by atoms with Crippen molar-refractivity contribution in [2.75, 3.05) is 52.6 Å². The van der Waals surface area contributed by atoms with Crippen molar-refractivity contribution >= 4 is 35.6 Å². The molecule has 14 nitrogen and oxygen atoms in total. The summed E-state index contributed by atoms with van der Waals surface area (Å²) in [6.07, 6.45) is 9.97. The van der Waals surface area contributed by atoms with E-state index in [0.717, 1.165) is 11.1 Å². The first-order chi connectivity index (χ1) is 27.6. The predicted molar refractivity (Wildman–Crippen MR) is 217 cm³/mol. The number of unbranched alkanes of at least 4 members (excludes halogenated alkanes) is 4. The molecule has 0 heterocycles. The molecule has 4 amide bonds. The summed E-state index contributed by atoms with van der Waals surface area (Å²) in [4.78, 5) is 72.3. The minimum absolute atomic E-state index is 0.134. The Labute approximate surface area is 335 Å². The lowest BCUT2D eigenvalue weighted by molar-refractivity contribution is -0.117. The fraction of sp³-hybridized carbons (Fsp3) is 0.395. The first-order valence-electron chi connectivity index (χ1n) is 19.1. The molecule has 0 aliphatic carbocycles. The van der Waals surface area contributed by atoms with Gasteiger partial charge in [-0.2, -0.15) is 0 Å². The fourth-order valence-electron chi connectivity index (χ4n) is 5.07. The van der Waals surface area contributed by atoms with Gasteiger partial charge >= 0.3 is 11.9 Å². The van der Waals surface area contributed by atoms with Crippen LogP contribution in [0.2, 0.25) is 0 Å². The Hall–Kier alpha value is -6.18. The first-order valence-corrected chi connectivity index (χ1v) is 19.1.